The number of halogens is 1. The van der Waals surface area contributed by atoms with Crippen LogP contribution in [0.2, 0.25) is 0 Å². The number of rotatable bonds is 4. The van der Waals surface area contributed by atoms with Gasteiger partial charge in [0, 0.05) is 16.2 Å². The van der Waals surface area contributed by atoms with Crippen molar-refractivity contribution in [3.63, 3.8) is 0 Å². The van der Waals surface area contributed by atoms with Crippen LogP contribution in [-0.2, 0) is 4.79 Å². The molecule has 1 aliphatic heterocycles. The first-order chi connectivity index (χ1) is 12.7. The van der Waals surface area contributed by atoms with Gasteiger partial charge in [0.1, 0.15) is 12.4 Å². The van der Waals surface area contributed by atoms with E-state index < -0.39 is 0 Å². The van der Waals surface area contributed by atoms with E-state index in [1.54, 1.807) is 0 Å². The molecule has 3 aromatic rings. The van der Waals surface area contributed by atoms with Gasteiger partial charge in [0.2, 0.25) is 5.91 Å². The standard InChI is InChI=1S/C17H16BrN7O/c18-12-6-4-11(5-7-12)15-9-16(22-21-15)17(26)20-13-2-1-3-14(8-13)25-10-19-23-24-25/h1-8,10,15-16,21-22H,9H2,(H,20,26). The molecular formula is C17H16BrN7O. The van der Waals surface area contributed by atoms with Crippen molar-refractivity contribution in [2.24, 2.45) is 0 Å². The third kappa shape index (κ3) is 3.64. The molecule has 1 aromatic heterocycles. The van der Waals surface area contributed by atoms with E-state index in [9.17, 15) is 4.79 Å². The molecule has 2 unspecified atom stereocenters. The lowest BCUT2D eigenvalue weighted by atomic mass is 10.0. The summed E-state index contributed by atoms with van der Waals surface area (Å²) in [5.74, 6) is -0.0917. The zero-order chi connectivity index (χ0) is 17.9. The van der Waals surface area contributed by atoms with E-state index in [4.69, 9.17) is 0 Å². The van der Waals surface area contributed by atoms with E-state index in [1.807, 2.05) is 48.5 Å². The van der Waals surface area contributed by atoms with Crippen LogP contribution < -0.4 is 16.2 Å². The Kier molecular flexibility index (Phi) is 4.74. The summed E-state index contributed by atoms with van der Waals surface area (Å²) >= 11 is 3.43. The minimum atomic E-state index is -0.319. The van der Waals surface area contributed by atoms with E-state index in [-0.39, 0.29) is 18.0 Å². The van der Waals surface area contributed by atoms with Crippen molar-refractivity contribution < 1.29 is 4.79 Å². The van der Waals surface area contributed by atoms with Crippen molar-refractivity contribution in [2.45, 2.75) is 18.5 Å². The molecule has 0 spiro atoms. The monoisotopic (exact) mass is 413 g/mol. The lowest BCUT2D eigenvalue weighted by Crippen LogP contribution is -2.39. The molecular weight excluding hydrogens is 398 g/mol. The molecule has 2 aromatic carbocycles. The minimum absolute atomic E-state index is 0.0893. The van der Waals surface area contributed by atoms with Gasteiger partial charge in [0.05, 0.1) is 5.69 Å². The number of hydrogen-bond donors (Lipinski definition) is 3. The van der Waals surface area contributed by atoms with Gasteiger partial charge >= 0.3 is 0 Å². The van der Waals surface area contributed by atoms with Crippen LogP contribution in [0.4, 0.5) is 5.69 Å². The number of amides is 1. The first kappa shape index (κ1) is 16.8. The molecule has 8 nitrogen and oxygen atoms in total. The van der Waals surface area contributed by atoms with Gasteiger partial charge in [0.25, 0.3) is 0 Å². The SMILES string of the molecule is O=C(Nc1cccc(-n2cnnn2)c1)C1CC(c2ccc(Br)cc2)NN1. The molecule has 4 rings (SSSR count). The molecule has 2 heterocycles. The molecule has 0 bridgehead atoms. The van der Waals surface area contributed by atoms with Crippen LogP contribution in [-0.4, -0.2) is 32.2 Å². The Morgan fingerprint density at radius 1 is 1.19 bits per heavy atom. The molecule has 132 valence electrons. The Bertz CT molecular complexity index is 898. The van der Waals surface area contributed by atoms with Gasteiger partial charge < -0.3 is 5.32 Å². The Hall–Kier alpha value is -2.62. The highest BCUT2D eigenvalue weighted by molar-refractivity contribution is 9.10. The Balaban J connectivity index is 1.41. The van der Waals surface area contributed by atoms with Crippen LogP contribution in [0, 0.1) is 0 Å². The Labute approximate surface area is 158 Å². The average Bonchev–Trinajstić information content (AvgIpc) is 3.35. The number of nitrogens with zero attached hydrogens (tertiary/aromatic N) is 4. The largest absolute Gasteiger partial charge is 0.325 e. The third-order valence-corrected chi connectivity index (χ3v) is 4.75. The van der Waals surface area contributed by atoms with Gasteiger partial charge in [-0.2, -0.15) is 0 Å². The maximum absolute atomic E-state index is 12.6. The summed E-state index contributed by atoms with van der Waals surface area (Å²) in [6.07, 6.45) is 2.17. The molecule has 1 saturated heterocycles. The predicted octanol–water partition coefficient (Wildman–Crippen LogP) is 1.97. The van der Waals surface area contributed by atoms with Gasteiger partial charge in [-0.1, -0.05) is 34.1 Å². The smallest absolute Gasteiger partial charge is 0.242 e. The maximum atomic E-state index is 12.6. The Morgan fingerprint density at radius 2 is 2.04 bits per heavy atom. The number of carbonyl (C=O) groups is 1. The summed E-state index contributed by atoms with van der Waals surface area (Å²) in [5.41, 5.74) is 8.86. The summed E-state index contributed by atoms with van der Waals surface area (Å²) in [5, 5.41) is 14.0. The normalized spacial score (nSPS) is 19.4. The van der Waals surface area contributed by atoms with Crippen molar-refractivity contribution >= 4 is 27.5 Å². The van der Waals surface area contributed by atoms with Crippen molar-refractivity contribution in [2.75, 3.05) is 5.32 Å². The van der Waals surface area contributed by atoms with Gasteiger partial charge in [-0.3, -0.25) is 4.79 Å². The van der Waals surface area contributed by atoms with Gasteiger partial charge in [-0.15, -0.1) is 5.10 Å². The van der Waals surface area contributed by atoms with Crippen molar-refractivity contribution in [3.05, 3.63) is 64.9 Å². The molecule has 3 N–H and O–H groups in total. The zero-order valence-corrected chi connectivity index (χ0v) is 15.2. The number of hydrogen-bond acceptors (Lipinski definition) is 6. The van der Waals surface area contributed by atoms with E-state index in [1.165, 1.54) is 11.0 Å². The molecule has 2 atom stereocenters. The highest BCUT2D eigenvalue weighted by atomic mass is 79.9. The lowest BCUT2D eigenvalue weighted by molar-refractivity contribution is -0.117. The van der Waals surface area contributed by atoms with Crippen LogP contribution >= 0.6 is 15.9 Å². The van der Waals surface area contributed by atoms with E-state index in [0.717, 1.165) is 15.7 Å². The van der Waals surface area contributed by atoms with Crippen molar-refractivity contribution in [3.8, 4) is 5.69 Å². The molecule has 1 fully saturated rings. The van der Waals surface area contributed by atoms with Gasteiger partial charge in [-0.05, 0) is 52.7 Å². The first-order valence-electron chi connectivity index (χ1n) is 8.10. The number of nitrogens with one attached hydrogen (secondary N) is 3. The van der Waals surface area contributed by atoms with Crippen molar-refractivity contribution in [1.82, 2.24) is 31.1 Å². The summed E-state index contributed by atoms with van der Waals surface area (Å²) in [7, 11) is 0. The van der Waals surface area contributed by atoms with Gasteiger partial charge in [0.15, 0.2) is 0 Å². The molecule has 1 amide bonds. The minimum Gasteiger partial charge on any atom is -0.325 e. The molecule has 26 heavy (non-hydrogen) atoms. The summed E-state index contributed by atoms with van der Waals surface area (Å²) in [6.45, 7) is 0. The second-order valence-corrected chi connectivity index (χ2v) is 6.89. The molecule has 0 aliphatic carbocycles. The molecule has 0 radical (unpaired) electrons. The van der Waals surface area contributed by atoms with Crippen LogP contribution in [0.5, 0.6) is 0 Å². The maximum Gasteiger partial charge on any atom is 0.242 e. The summed E-state index contributed by atoms with van der Waals surface area (Å²) < 4.78 is 2.57. The number of tetrazole rings is 1. The second-order valence-electron chi connectivity index (χ2n) is 5.98. The van der Waals surface area contributed by atoms with Crippen LogP contribution in [0.15, 0.2) is 59.3 Å². The number of anilines is 1. The fourth-order valence-electron chi connectivity index (χ4n) is 2.88. The van der Waals surface area contributed by atoms with E-state index >= 15 is 0 Å². The lowest BCUT2D eigenvalue weighted by Gasteiger charge is -2.11. The predicted molar refractivity (Wildman–Crippen MR) is 99.3 cm³/mol. The summed E-state index contributed by atoms with van der Waals surface area (Å²) in [4.78, 5) is 12.6. The number of aromatic nitrogens is 4. The number of benzene rings is 2. The summed E-state index contributed by atoms with van der Waals surface area (Å²) in [6, 6.07) is 15.2. The fraction of sp³-hybridized carbons (Fsp3) is 0.176. The molecule has 1 aliphatic rings. The number of carbonyl (C=O) groups excluding carboxylic acids is 1. The second kappa shape index (κ2) is 7.32. The Morgan fingerprint density at radius 3 is 2.81 bits per heavy atom. The first-order valence-corrected chi connectivity index (χ1v) is 8.89. The van der Waals surface area contributed by atoms with Crippen LogP contribution in [0.1, 0.15) is 18.0 Å². The topological polar surface area (TPSA) is 96.8 Å². The van der Waals surface area contributed by atoms with Crippen LogP contribution in [0.3, 0.4) is 0 Å². The highest BCUT2D eigenvalue weighted by Gasteiger charge is 2.30. The number of hydrazine groups is 1. The fourth-order valence-corrected chi connectivity index (χ4v) is 3.14. The third-order valence-electron chi connectivity index (χ3n) is 4.22. The van der Waals surface area contributed by atoms with Crippen LogP contribution in [0.25, 0.3) is 5.69 Å². The van der Waals surface area contributed by atoms with E-state index in [0.29, 0.717) is 12.1 Å². The van der Waals surface area contributed by atoms with E-state index in [2.05, 4.69) is 47.6 Å². The molecule has 9 heteroatoms. The zero-order valence-electron chi connectivity index (χ0n) is 13.6. The van der Waals surface area contributed by atoms with Gasteiger partial charge in [-0.25, -0.2) is 15.5 Å². The highest BCUT2D eigenvalue weighted by Crippen LogP contribution is 2.24. The average molecular weight is 414 g/mol. The van der Waals surface area contributed by atoms with Crippen molar-refractivity contribution in [1.29, 1.82) is 0 Å². The molecule has 0 saturated carbocycles. The quantitative estimate of drug-likeness (QED) is 0.604.